The summed E-state index contributed by atoms with van der Waals surface area (Å²) in [6.45, 7) is 4.06. The summed E-state index contributed by atoms with van der Waals surface area (Å²) in [5.41, 5.74) is 5.77. The lowest BCUT2D eigenvalue weighted by Gasteiger charge is -2.13. The van der Waals surface area contributed by atoms with Crippen molar-refractivity contribution in [3.05, 3.63) is 100 Å². The summed E-state index contributed by atoms with van der Waals surface area (Å²) < 4.78 is 1.67. The van der Waals surface area contributed by atoms with Crippen molar-refractivity contribution in [2.24, 2.45) is 0 Å². The highest BCUT2D eigenvalue weighted by Gasteiger charge is 2.20. The van der Waals surface area contributed by atoms with Crippen LogP contribution in [-0.4, -0.2) is 19.7 Å². The lowest BCUT2D eigenvalue weighted by molar-refractivity contribution is 0.969. The third-order valence-electron chi connectivity index (χ3n) is 5.25. The Kier molecular flexibility index (Phi) is 4.29. The normalized spacial score (nSPS) is 11.1. The number of aromatic amines is 1. The zero-order chi connectivity index (χ0) is 20.7. The fourth-order valence-electron chi connectivity index (χ4n) is 3.62. The molecule has 0 saturated heterocycles. The first-order chi connectivity index (χ1) is 14.6. The van der Waals surface area contributed by atoms with Crippen LogP contribution >= 0.6 is 0 Å². The highest BCUT2D eigenvalue weighted by atomic mass is 16.1. The Hall–Kier alpha value is -3.99. The van der Waals surface area contributed by atoms with Gasteiger partial charge in [-0.15, -0.1) is 0 Å². The third-order valence-corrected chi connectivity index (χ3v) is 5.25. The smallest absolute Gasteiger partial charge is 0.270 e. The van der Waals surface area contributed by atoms with E-state index in [9.17, 15) is 4.79 Å². The van der Waals surface area contributed by atoms with Gasteiger partial charge in [-0.2, -0.15) is 5.10 Å². The molecular weight excluding hydrogens is 372 g/mol. The van der Waals surface area contributed by atoms with Crippen molar-refractivity contribution in [1.29, 1.82) is 0 Å². The minimum Gasteiger partial charge on any atom is -0.275 e. The Bertz CT molecular complexity index is 1400. The Morgan fingerprint density at radius 3 is 2.07 bits per heavy atom. The number of fused-ring (bicyclic) bond motifs is 1. The van der Waals surface area contributed by atoms with Crippen LogP contribution in [0.25, 0.3) is 39.4 Å². The number of nitrogens with zero attached hydrogens (tertiary/aromatic N) is 3. The van der Waals surface area contributed by atoms with Crippen LogP contribution in [-0.2, 0) is 0 Å². The average Bonchev–Trinajstić information content (AvgIpc) is 3.20. The number of aromatic nitrogens is 4. The number of nitrogens with one attached hydrogen (secondary N) is 1. The molecule has 5 aromatic rings. The van der Waals surface area contributed by atoms with E-state index in [1.807, 2.05) is 92.7 Å². The van der Waals surface area contributed by atoms with Crippen LogP contribution in [0.15, 0.2) is 83.7 Å². The highest BCUT2D eigenvalue weighted by Crippen LogP contribution is 2.27. The van der Waals surface area contributed by atoms with Crippen molar-refractivity contribution in [3.63, 3.8) is 0 Å². The molecule has 0 aliphatic rings. The zero-order valence-electron chi connectivity index (χ0n) is 16.8. The van der Waals surface area contributed by atoms with E-state index in [0.29, 0.717) is 22.6 Å². The molecule has 0 aliphatic heterocycles. The van der Waals surface area contributed by atoms with Gasteiger partial charge in [-0.25, -0.2) is 4.98 Å². The molecule has 0 fully saturated rings. The molecule has 146 valence electrons. The number of benzene rings is 3. The molecule has 1 N–H and O–H groups in total. The summed E-state index contributed by atoms with van der Waals surface area (Å²) in [5.74, 6) is 0.572. The topological polar surface area (TPSA) is 63.6 Å². The second-order valence-electron chi connectivity index (χ2n) is 7.44. The summed E-state index contributed by atoms with van der Waals surface area (Å²) in [5, 5.41) is 7.86. The maximum Gasteiger partial charge on any atom is 0.270 e. The first-order valence-corrected chi connectivity index (χ1v) is 9.82. The largest absolute Gasteiger partial charge is 0.275 e. The van der Waals surface area contributed by atoms with E-state index in [1.54, 1.807) is 4.57 Å². The number of aryl methyl sites for hydroxylation is 2. The minimum atomic E-state index is -0.146. The van der Waals surface area contributed by atoms with E-state index < -0.39 is 0 Å². The molecule has 0 aliphatic carbocycles. The molecule has 5 nitrogen and oxygen atoms in total. The molecule has 5 heteroatoms. The van der Waals surface area contributed by atoms with Crippen LogP contribution < -0.4 is 5.56 Å². The summed E-state index contributed by atoms with van der Waals surface area (Å²) in [7, 11) is 0. The second kappa shape index (κ2) is 7.12. The van der Waals surface area contributed by atoms with E-state index in [2.05, 4.69) is 10.2 Å². The van der Waals surface area contributed by atoms with Crippen molar-refractivity contribution in [1.82, 2.24) is 19.7 Å². The fourth-order valence-corrected chi connectivity index (χ4v) is 3.62. The fraction of sp³-hybridized carbons (Fsp3) is 0.0800. The molecule has 0 radical (unpaired) electrons. The quantitative estimate of drug-likeness (QED) is 0.467. The molecule has 5 rings (SSSR count). The summed E-state index contributed by atoms with van der Waals surface area (Å²) in [4.78, 5) is 18.6. The van der Waals surface area contributed by atoms with Gasteiger partial charge in [0, 0.05) is 11.1 Å². The maximum absolute atomic E-state index is 13.8. The molecular formula is C25H20N4O. The zero-order valence-corrected chi connectivity index (χ0v) is 16.8. The Morgan fingerprint density at radius 1 is 0.767 bits per heavy atom. The number of rotatable bonds is 3. The van der Waals surface area contributed by atoms with Crippen LogP contribution in [0.1, 0.15) is 11.1 Å². The SMILES string of the molecule is Cc1ccc(-c2nc3n[nH]c(-c4ccccc4)c3c(=O)n2-c2ccc(C)cc2)cc1. The van der Waals surface area contributed by atoms with Crippen LogP contribution in [0, 0.1) is 13.8 Å². The van der Waals surface area contributed by atoms with Gasteiger partial charge in [0.2, 0.25) is 0 Å². The number of hydrogen-bond acceptors (Lipinski definition) is 3. The van der Waals surface area contributed by atoms with Crippen LogP contribution in [0.2, 0.25) is 0 Å². The monoisotopic (exact) mass is 392 g/mol. The van der Waals surface area contributed by atoms with Crippen LogP contribution in [0.4, 0.5) is 0 Å². The lowest BCUT2D eigenvalue weighted by Crippen LogP contribution is -2.22. The standard InChI is InChI=1S/C25H20N4O/c1-16-8-12-19(13-9-16)24-26-23-21(22(27-28-23)18-6-4-3-5-7-18)25(30)29(24)20-14-10-17(2)11-15-20/h3-15H,1-2H3,(H,27,28). The van der Waals surface area contributed by atoms with Gasteiger partial charge in [0.25, 0.3) is 5.56 Å². The van der Waals surface area contributed by atoms with Gasteiger partial charge in [-0.05, 0) is 26.0 Å². The lowest BCUT2D eigenvalue weighted by atomic mass is 10.1. The van der Waals surface area contributed by atoms with Gasteiger partial charge in [0.05, 0.1) is 11.4 Å². The molecule has 0 spiro atoms. The molecule has 0 saturated carbocycles. The predicted octanol–water partition coefficient (Wildman–Crippen LogP) is 5.06. The first-order valence-electron chi connectivity index (χ1n) is 9.82. The van der Waals surface area contributed by atoms with E-state index in [-0.39, 0.29) is 5.56 Å². The van der Waals surface area contributed by atoms with E-state index in [1.165, 1.54) is 0 Å². The van der Waals surface area contributed by atoms with Crippen molar-refractivity contribution in [2.45, 2.75) is 13.8 Å². The highest BCUT2D eigenvalue weighted by molar-refractivity contribution is 5.91. The summed E-state index contributed by atoms with van der Waals surface area (Å²) in [6, 6.07) is 25.6. The average molecular weight is 392 g/mol. The number of H-pyrrole nitrogens is 1. The molecule has 0 amide bonds. The van der Waals surface area contributed by atoms with Gasteiger partial charge in [-0.3, -0.25) is 14.5 Å². The predicted molar refractivity (Wildman–Crippen MR) is 120 cm³/mol. The number of hydrogen-bond donors (Lipinski definition) is 1. The van der Waals surface area contributed by atoms with E-state index >= 15 is 0 Å². The van der Waals surface area contributed by atoms with Crippen LogP contribution in [0.3, 0.4) is 0 Å². The Labute approximate surface area is 173 Å². The maximum atomic E-state index is 13.8. The molecule has 0 atom stereocenters. The molecule has 0 bridgehead atoms. The first kappa shape index (κ1) is 18.1. The van der Waals surface area contributed by atoms with Gasteiger partial charge in [0.15, 0.2) is 5.65 Å². The van der Waals surface area contributed by atoms with E-state index in [4.69, 9.17) is 4.98 Å². The van der Waals surface area contributed by atoms with Gasteiger partial charge < -0.3 is 0 Å². The van der Waals surface area contributed by atoms with Crippen LogP contribution in [0.5, 0.6) is 0 Å². The van der Waals surface area contributed by atoms with Gasteiger partial charge in [0.1, 0.15) is 11.2 Å². The molecule has 2 heterocycles. The summed E-state index contributed by atoms with van der Waals surface area (Å²) >= 11 is 0. The molecule has 30 heavy (non-hydrogen) atoms. The molecule has 3 aromatic carbocycles. The van der Waals surface area contributed by atoms with Crippen molar-refractivity contribution in [2.75, 3.05) is 0 Å². The third kappa shape index (κ3) is 3.01. The Morgan fingerprint density at radius 2 is 1.40 bits per heavy atom. The van der Waals surface area contributed by atoms with Crippen molar-refractivity contribution in [3.8, 4) is 28.3 Å². The second-order valence-corrected chi connectivity index (χ2v) is 7.44. The molecule has 2 aromatic heterocycles. The summed E-state index contributed by atoms with van der Waals surface area (Å²) in [6.07, 6.45) is 0. The van der Waals surface area contributed by atoms with E-state index in [0.717, 1.165) is 27.9 Å². The van der Waals surface area contributed by atoms with Gasteiger partial charge in [-0.1, -0.05) is 77.9 Å². The van der Waals surface area contributed by atoms with Gasteiger partial charge >= 0.3 is 0 Å². The van der Waals surface area contributed by atoms with Crippen molar-refractivity contribution >= 4 is 11.0 Å². The minimum absolute atomic E-state index is 0.146. The molecule has 0 unspecified atom stereocenters. The Balaban J connectivity index is 1.85. The van der Waals surface area contributed by atoms with Crippen molar-refractivity contribution < 1.29 is 0 Å².